The Labute approximate surface area is 467 Å². The zero-order valence-corrected chi connectivity index (χ0v) is 50.9. The maximum Gasteiger partial charge on any atom is 0.472 e. The van der Waals surface area contributed by atoms with Gasteiger partial charge in [0.25, 0.3) is 0 Å². The van der Waals surface area contributed by atoms with Crippen molar-refractivity contribution in [1.82, 2.24) is 0 Å². The minimum Gasteiger partial charge on any atom is -0.462 e. The van der Waals surface area contributed by atoms with Gasteiger partial charge in [0.1, 0.15) is 19.3 Å². The van der Waals surface area contributed by atoms with Gasteiger partial charge in [-0.05, 0) is 31.6 Å². The number of hydrogen-bond acceptors (Lipinski definition) is 15. The van der Waals surface area contributed by atoms with Crippen LogP contribution >= 0.6 is 15.6 Å². The van der Waals surface area contributed by atoms with E-state index in [0.29, 0.717) is 25.7 Å². The lowest BCUT2D eigenvalue weighted by Gasteiger charge is -2.21. The molecule has 0 aromatic heterocycles. The lowest BCUT2D eigenvalue weighted by Crippen LogP contribution is -2.30. The van der Waals surface area contributed by atoms with Gasteiger partial charge in [0.15, 0.2) is 12.2 Å². The normalized spacial score (nSPS) is 14.8. The van der Waals surface area contributed by atoms with E-state index < -0.39 is 97.5 Å². The lowest BCUT2D eigenvalue weighted by atomic mass is 10.00. The highest BCUT2D eigenvalue weighted by molar-refractivity contribution is 7.47. The monoisotopic (exact) mass is 1140 g/mol. The Morgan fingerprint density at radius 1 is 0.364 bits per heavy atom. The number of carbonyl (C=O) groups is 4. The molecule has 0 spiro atoms. The van der Waals surface area contributed by atoms with Gasteiger partial charge in [-0.1, -0.05) is 234 Å². The molecule has 0 bridgehead atoms. The van der Waals surface area contributed by atoms with E-state index in [1.807, 2.05) is 0 Å². The number of carbonyl (C=O) groups excluding carboxylic acids is 4. The first kappa shape index (κ1) is 75.1. The molecule has 456 valence electrons. The Hall–Kier alpha value is -1.94. The number of hydrogen-bond donors (Lipinski definition) is 3. The summed E-state index contributed by atoms with van der Waals surface area (Å²) in [6, 6.07) is 0. The minimum absolute atomic E-state index is 0.103. The molecule has 0 saturated heterocycles. The van der Waals surface area contributed by atoms with E-state index in [1.54, 1.807) is 0 Å². The smallest absolute Gasteiger partial charge is 0.462 e. The summed E-state index contributed by atoms with van der Waals surface area (Å²) in [5.74, 6) is -1.42. The van der Waals surface area contributed by atoms with E-state index in [1.165, 1.54) is 77.0 Å². The summed E-state index contributed by atoms with van der Waals surface area (Å²) >= 11 is 0. The average Bonchev–Trinajstić information content (AvgIpc) is 3.40. The molecule has 0 aromatic carbocycles. The molecule has 0 radical (unpaired) electrons. The standard InChI is InChI=1S/C58H112O17P2/c1-6-10-13-16-19-20-21-22-23-24-27-34-39-44-58(63)75-54(48-69-56(61)42-37-32-29-28-30-35-40-51(5)9-4)50-73-77(66,67)71-46-52(59)45-70-76(64,65)72-49-53(74-57(62)43-38-33-26-18-15-12-8-3)47-68-55(60)41-36-31-25-17-14-11-7-2/h51-54,59H,6-50H2,1-5H3,(H,64,65)(H,66,67)/t51?,52-,53+,54+/m0/s1. The van der Waals surface area contributed by atoms with E-state index in [-0.39, 0.29) is 25.7 Å². The van der Waals surface area contributed by atoms with Crippen LogP contribution in [-0.2, 0) is 65.4 Å². The second-order valence-electron chi connectivity index (χ2n) is 21.3. The van der Waals surface area contributed by atoms with Gasteiger partial charge in [-0.15, -0.1) is 0 Å². The number of esters is 4. The van der Waals surface area contributed by atoms with Gasteiger partial charge in [0.2, 0.25) is 0 Å². The zero-order chi connectivity index (χ0) is 57.1. The van der Waals surface area contributed by atoms with Gasteiger partial charge in [0, 0.05) is 25.7 Å². The third-order valence-corrected chi connectivity index (χ3v) is 15.5. The van der Waals surface area contributed by atoms with Crippen LogP contribution in [0.3, 0.4) is 0 Å². The lowest BCUT2D eigenvalue weighted by molar-refractivity contribution is -0.161. The van der Waals surface area contributed by atoms with E-state index in [9.17, 15) is 43.2 Å². The summed E-state index contributed by atoms with van der Waals surface area (Å²) < 4.78 is 67.5. The topological polar surface area (TPSA) is 237 Å². The zero-order valence-electron chi connectivity index (χ0n) is 49.1. The summed E-state index contributed by atoms with van der Waals surface area (Å²) in [5.41, 5.74) is 0. The molecular formula is C58H112O17P2. The average molecular weight is 1140 g/mol. The maximum absolute atomic E-state index is 12.9. The molecule has 0 aliphatic rings. The van der Waals surface area contributed by atoms with Crippen LogP contribution in [0, 0.1) is 5.92 Å². The molecule has 0 fully saturated rings. The van der Waals surface area contributed by atoms with Crippen molar-refractivity contribution in [3.8, 4) is 0 Å². The molecule has 0 aromatic rings. The Morgan fingerprint density at radius 2 is 0.623 bits per heavy atom. The van der Waals surface area contributed by atoms with Crippen LogP contribution in [0.2, 0.25) is 0 Å². The van der Waals surface area contributed by atoms with Crippen LogP contribution in [0.1, 0.15) is 285 Å². The predicted molar refractivity (Wildman–Crippen MR) is 303 cm³/mol. The fourth-order valence-corrected chi connectivity index (χ4v) is 10.1. The van der Waals surface area contributed by atoms with Gasteiger partial charge in [-0.25, -0.2) is 9.13 Å². The highest BCUT2D eigenvalue weighted by Gasteiger charge is 2.30. The van der Waals surface area contributed by atoms with Crippen LogP contribution in [-0.4, -0.2) is 96.7 Å². The number of unbranched alkanes of at least 4 members (excludes halogenated alkanes) is 29. The molecule has 19 heteroatoms. The number of rotatable bonds is 58. The number of ether oxygens (including phenoxy) is 4. The largest absolute Gasteiger partial charge is 0.472 e. The fourth-order valence-electron chi connectivity index (χ4n) is 8.49. The Kier molecular flexibility index (Phi) is 50.8. The van der Waals surface area contributed by atoms with Gasteiger partial charge >= 0.3 is 39.5 Å². The van der Waals surface area contributed by atoms with Crippen LogP contribution < -0.4 is 0 Å². The van der Waals surface area contributed by atoms with Crippen molar-refractivity contribution in [2.75, 3.05) is 39.6 Å². The van der Waals surface area contributed by atoms with Gasteiger partial charge in [-0.2, -0.15) is 0 Å². The fraction of sp³-hybridized carbons (Fsp3) is 0.931. The second kappa shape index (κ2) is 52.2. The third-order valence-electron chi connectivity index (χ3n) is 13.6. The molecular weight excluding hydrogens is 1030 g/mol. The van der Waals surface area contributed by atoms with Crippen LogP contribution in [0.15, 0.2) is 0 Å². The van der Waals surface area contributed by atoms with E-state index in [4.69, 9.17) is 37.0 Å². The molecule has 3 unspecified atom stereocenters. The summed E-state index contributed by atoms with van der Waals surface area (Å²) in [6.07, 6.45) is 33.7. The first-order chi connectivity index (χ1) is 37.1. The molecule has 6 atom stereocenters. The molecule has 17 nitrogen and oxygen atoms in total. The number of phosphoric ester groups is 2. The Bertz CT molecular complexity index is 1520. The Morgan fingerprint density at radius 3 is 0.922 bits per heavy atom. The van der Waals surface area contributed by atoms with Gasteiger partial charge in [-0.3, -0.25) is 37.3 Å². The molecule has 0 amide bonds. The van der Waals surface area contributed by atoms with Crippen LogP contribution in [0.5, 0.6) is 0 Å². The number of aliphatic hydroxyl groups is 1. The van der Waals surface area contributed by atoms with E-state index in [0.717, 1.165) is 128 Å². The van der Waals surface area contributed by atoms with Crippen molar-refractivity contribution in [2.24, 2.45) is 5.92 Å². The third kappa shape index (κ3) is 51.9. The van der Waals surface area contributed by atoms with Crippen molar-refractivity contribution in [3.05, 3.63) is 0 Å². The Balaban J connectivity index is 5.20. The first-order valence-electron chi connectivity index (χ1n) is 30.7. The summed E-state index contributed by atoms with van der Waals surface area (Å²) in [5, 5.41) is 10.5. The van der Waals surface area contributed by atoms with E-state index in [2.05, 4.69) is 34.6 Å². The highest BCUT2D eigenvalue weighted by Crippen LogP contribution is 2.45. The van der Waals surface area contributed by atoms with Gasteiger partial charge < -0.3 is 33.8 Å². The predicted octanol–water partition coefficient (Wildman–Crippen LogP) is 15.5. The highest BCUT2D eigenvalue weighted by atomic mass is 31.2. The van der Waals surface area contributed by atoms with Crippen LogP contribution in [0.25, 0.3) is 0 Å². The molecule has 0 aliphatic heterocycles. The molecule has 0 heterocycles. The van der Waals surface area contributed by atoms with Gasteiger partial charge in [0.05, 0.1) is 26.4 Å². The van der Waals surface area contributed by atoms with Crippen molar-refractivity contribution in [2.45, 2.75) is 303 Å². The SMILES string of the molecule is CCCCCCCCCCCCCCCC(=O)O[C@H](COC(=O)CCCCCCCCC(C)CC)COP(=O)(O)OC[C@@H](O)COP(=O)(O)OC[C@@H](COC(=O)CCCCCCCCC)OC(=O)CCCCCCCCC. The summed E-state index contributed by atoms with van der Waals surface area (Å²) in [4.78, 5) is 71.7. The number of aliphatic hydroxyl groups excluding tert-OH is 1. The van der Waals surface area contributed by atoms with Crippen molar-refractivity contribution < 1.29 is 80.2 Å². The van der Waals surface area contributed by atoms with E-state index >= 15 is 0 Å². The van der Waals surface area contributed by atoms with Crippen LogP contribution in [0.4, 0.5) is 0 Å². The first-order valence-corrected chi connectivity index (χ1v) is 33.7. The van der Waals surface area contributed by atoms with Crippen molar-refractivity contribution >= 4 is 39.5 Å². The van der Waals surface area contributed by atoms with Crippen molar-refractivity contribution in [1.29, 1.82) is 0 Å². The molecule has 0 saturated carbocycles. The number of phosphoric acid groups is 2. The quantitative estimate of drug-likeness (QED) is 0.0222. The second-order valence-corrected chi connectivity index (χ2v) is 24.2. The minimum atomic E-state index is -4.94. The molecule has 3 N–H and O–H groups in total. The van der Waals surface area contributed by atoms with Crippen molar-refractivity contribution in [3.63, 3.8) is 0 Å². The summed E-state index contributed by atoms with van der Waals surface area (Å²) in [6.45, 7) is 7.02. The molecule has 77 heavy (non-hydrogen) atoms. The maximum atomic E-state index is 12.9. The molecule has 0 aliphatic carbocycles. The molecule has 0 rings (SSSR count). The summed E-state index contributed by atoms with van der Waals surface area (Å²) in [7, 11) is -9.86.